The van der Waals surface area contributed by atoms with Gasteiger partial charge >= 0.3 is 5.97 Å². The monoisotopic (exact) mass is 363 g/mol. The lowest BCUT2D eigenvalue weighted by Gasteiger charge is -2.20. The lowest BCUT2D eigenvalue weighted by atomic mass is 9.96. The average Bonchev–Trinajstić information content (AvgIpc) is 2.57. The Labute approximate surface area is 152 Å². The van der Waals surface area contributed by atoms with Crippen LogP contribution < -0.4 is 5.32 Å². The lowest BCUT2D eigenvalue weighted by Crippen LogP contribution is -2.46. The summed E-state index contributed by atoms with van der Waals surface area (Å²) in [6, 6.07) is 6.84. The molecule has 2 rings (SSSR count). The van der Waals surface area contributed by atoms with E-state index in [1.54, 1.807) is 0 Å². The van der Waals surface area contributed by atoms with E-state index < -0.39 is 17.3 Å². The summed E-state index contributed by atoms with van der Waals surface area (Å²) in [5.74, 6) is -1.41. The molecule has 5 nitrogen and oxygen atoms in total. The number of amides is 1. The van der Waals surface area contributed by atoms with Gasteiger partial charge in [-0.1, -0.05) is 55.3 Å². The van der Waals surface area contributed by atoms with Gasteiger partial charge in [0.25, 0.3) is 0 Å². The zero-order chi connectivity index (χ0) is 18.2. The molecular formula is C19H25NO4S. The maximum absolute atomic E-state index is 12.5. The number of hydrogen-bond donors (Lipinski definition) is 2. The highest BCUT2D eigenvalue weighted by Crippen LogP contribution is 2.22. The third-order valence-corrected chi connectivity index (χ3v) is 5.49. The number of hydrogen-bond acceptors (Lipinski definition) is 4. The molecule has 0 radical (unpaired) electrons. The van der Waals surface area contributed by atoms with Crippen LogP contribution in [0.5, 0.6) is 0 Å². The molecule has 2 atom stereocenters. The van der Waals surface area contributed by atoms with Crippen LogP contribution in [0, 0.1) is 0 Å². The van der Waals surface area contributed by atoms with Crippen molar-refractivity contribution >= 4 is 28.8 Å². The number of carboxylic acid groups (broad SMARTS) is 1. The molecule has 1 aliphatic rings. The van der Waals surface area contributed by atoms with Gasteiger partial charge in [-0.25, -0.2) is 4.79 Å². The molecule has 0 aromatic heterocycles. The second-order valence-electron chi connectivity index (χ2n) is 6.42. The summed E-state index contributed by atoms with van der Waals surface area (Å²) < 4.78 is 0. The van der Waals surface area contributed by atoms with E-state index in [1.165, 1.54) is 6.92 Å². The number of carbonyl (C=O) groups is 3. The maximum atomic E-state index is 12.5. The van der Waals surface area contributed by atoms with E-state index in [1.807, 2.05) is 24.3 Å². The Morgan fingerprint density at radius 3 is 2.48 bits per heavy atom. The van der Waals surface area contributed by atoms with Crippen molar-refractivity contribution in [2.75, 3.05) is 0 Å². The van der Waals surface area contributed by atoms with Crippen molar-refractivity contribution < 1.29 is 19.5 Å². The standard InChI is InChI=1S/C19H25NO4S/c1-13(21)25-17-11-5-3-2-4-8-14-9-6-7-10-15(14)12-16(19(23)24)20-18(17)22/h6-7,9-10,16-17H,2-5,8,11-12H2,1H3,(H,20,22)(H,23,24). The maximum Gasteiger partial charge on any atom is 0.326 e. The Hall–Kier alpha value is -1.82. The summed E-state index contributed by atoms with van der Waals surface area (Å²) in [6.07, 6.45) is 5.74. The molecule has 6 heteroatoms. The van der Waals surface area contributed by atoms with Crippen molar-refractivity contribution in [3.63, 3.8) is 0 Å². The van der Waals surface area contributed by atoms with Crippen LogP contribution in [0.1, 0.15) is 50.2 Å². The van der Waals surface area contributed by atoms with Gasteiger partial charge in [-0.15, -0.1) is 0 Å². The van der Waals surface area contributed by atoms with Gasteiger partial charge in [0.05, 0.1) is 5.25 Å². The highest BCUT2D eigenvalue weighted by Gasteiger charge is 2.27. The van der Waals surface area contributed by atoms with Crippen molar-refractivity contribution in [3.8, 4) is 0 Å². The Morgan fingerprint density at radius 1 is 1.12 bits per heavy atom. The molecule has 136 valence electrons. The molecule has 25 heavy (non-hydrogen) atoms. The largest absolute Gasteiger partial charge is 0.480 e. The van der Waals surface area contributed by atoms with Crippen molar-refractivity contribution in [2.45, 2.75) is 63.2 Å². The predicted octanol–water partition coefficient (Wildman–Crippen LogP) is 2.95. The van der Waals surface area contributed by atoms with Crippen molar-refractivity contribution in [3.05, 3.63) is 35.4 Å². The van der Waals surface area contributed by atoms with Gasteiger partial charge in [0.15, 0.2) is 5.12 Å². The molecule has 0 bridgehead atoms. The van der Waals surface area contributed by atoms with Gasteiger partial charge in [0, 0.05) is 13.3 Å². The Balaban J connectivity index is 2.24. The van der Waals surface area contributed by atoms with E-state index in [0.29, 0.717) is 6.42 Å². The van der Waals surface area contributed by atoms with Gasteiger partial charge in [-0.2, -0.15) is 0 Å². The van der Waals surface area contributed by atoms with E-state index in [9.17, 15) is 19.5 Å². The Morgan fingerprint density at radius 2 is 1.80 bits per heavy atom. The van der Waals surface area contributed by atoms with Crippen molar-refractivity contribution in [1.29, 1.82) is 0 Å². The number of carbonyl (C=O) groups excluding carboxylic acids is 2. The lowest BCUT2D eigenvalue weighted by molar-refractivity contribution is -0.141. The fraction of sp³-hybridized carbons (Fsp3) is 0.526. The number of rotatable bonds is 2. The van der Waals surface area contributed by atoms with Gasteiger partial charge in [0.2, 0.25) is 5.91 Å². The number of benzene rings is 1. The molecule has 2 unspecified atom stereocenters. The first-order chi connectivity index (χ1) is 12.0. The summed E-state index contributed by atoms with van der Waals surface area (Å²) in [5, 5.41) is 11.5. The van der Waals surface area contributed by atoms with Crippen molar-refractivity contribution in [1.82, 2.24) is 5.32 Å². The van der Waals surface area contributed by atoms with E-state index in [4.69, 9.17) is 0 Å². The van der Waals surface area contributed by atoms with Crippen LogP contribution in [0.3, 0.4) is 0 Å². The number of aryl methyl sites for hydroxylation is 1. The molecule has 0 saturated carbocycles. The van der Waals surface area contributed by atoms with Crippen LogP contribution in [0.2, 0.25) is 0 Å². The number of aliphatic carboxylic acids is 1. The van der Waals surface area contributed by atoms with Crippen LogP contribution in [0.4, 0.5) is 0 Å². The van der Waals surface area contributed by atoms with Gasteiger partial charge in [-0.3, -0.25) is 9.59 Å². The minimum absolute atomic E-state index is 0.123. The number of thioether (sulfide) groups is 1. The number of nitrogens with one attached hydrogen (secondary N) is 1. The fourth-order valence-electron chi connectivity index (χ4n) is 3.13. The van der Waals surface area contributed by atoms with E-state index >= 15 is 0 Å². The quantitative estimate of drug-likeness (QED) is 0.844. The van der Waals surface area contributed by atoms with Crippen LogP contribution in [0.25, 0.3) is 0 Å². The molecule has 1 aromatic rings. The number of carboxylic acids is 1. The summed E-state index contributed by atoms with van der Waals surface area (Å²) in [5.41, 5.74) is 2.11. The topological polar surface area (TPSA) is 83.5 Å². The summed E-state index contributed by atoms with van der Waals surface area (Å²) in [6.45, 7) is 1.43. The third kappa shape index (κ3) is 6.20. The Bertz CT molecular complexity index is 632. The van der Waals surface area contributed by atoms with Gasteiger partial charge in [-0.05, 0) is 30.4 Å². The van der Waals surface area contributed by atoms with Gasteiger partial charge < -0.3 is 10.4 Å². The summed E-state index contributed by atoms with van der Waals surface area (Å²) >= 11 is 0.995. The highest BCUT2D eigenvalue weighted by atomic mass is 32.2. The molecule has 0 aliphatic carbocycles. The average molecular weight is 363 g/mol. The third-order valence-electron chi connectivity index (χ3n) is 4.42. The molecule has 0 saturated heterocycles. The van der Waals surface area contributed by atoms with E-state index in [0.717, 1.165) is 55.0 Å². The molecule has 1 aliphatic heterocycles. The minimum Gasteiger partial charge on any atom is -0.480 e. The SMILES string of the molecule is CC(=O)SC1CCCCCCc2ccccc2CC(C(=O)O)NC1=O. The van der Waals surface area contributed by atoms with E-state index in [-0.39, 0.29) is 17.4 Å². The second kappa shape index (κ2) is 9.61. The van der Waals surface area contributed by atoms with Crippen molar-refractivity contribution in [2.24, 2.45) is 0 Å². The Kier molecular flexibility index (Phi) is 7.50. The zero-order valence-electron chi connectivity index (χ0n) is 14.5. The first-order valence-electron chi connectivity index (χ1n) is 8.74. The minimum atomic E-state index is -1.05. The second-order valence-corrected chi connectivity index (χ2v) is 7.80. The van der Waals surface area contributed by atoms with Crippen LogP contribution in [-0.2, 0) is 27.2 Å². The molecular weight excluding hydrogens is 338 g/mol. The molecule has 1 heterocycles. The zero-order valence-corrected chi connectivity index (χ0v) is 15.3. The first-order valence-corrected chi connectivity index (χ1v) is 9.62. The molecule has 1 aromatic carbocycles. The molecule has 2 N–H and O–H groups in total. The molecule has 0 fully saturated rings. The predicted molar refractivity (Wildman–Crippen MR) is 98.6 cm³/mol. The smallest absolute Gasteiger partial charge is 0.326 e. The van der Waals surface area contributed by atoms with Crippen LogP contribution in [0.15, 0.2) is 24.3 Å². The normalized spacial score (nSPS) is 22.5. The van der Waals surface area contributed by atoms with Crippen LogP contribution in [-0.4, -0.2) is 33.4 Å². The van der Waals surface area contributed by atoms with Crippen LogP contribution >= 0.6 is 11.8 Å². The van der Waals surface area contributed by atoms with E-state index in [2.05, 4.69) is 5.32 Å². The summed E-state index contributed by atoms with van der Waals surface area (Å²) in [4.78, 5) is 35.6. The fourth-order valence-corrected chi connectivity index (χ4v) is 3.99. The van der Waals surface area contributed by atoms with Gasteiger partial charge in [0.1, 0.15) is 6.04 Å². The number of fused-ring (bicyclic) bond motifs is 1. The molecule has 0 spiro atoms. The first kappa shape index (κ1) is 19.5. The molecule has 1 amide bonds. The summed E-state index contributed by atoms with van der Waals surface area (Å²) in [7, 11) is 0. The highest BCUT2D eigenvalue weighted by molar-refractivity contribution is 8.14.